The summed E-state index contributed by atoms with van der Waals surface area (Å²) in [4.78, 5) is 13.4. The van der Waals surface area contributed by atoms with Crippen LogP contribution < -0.4 is 16.6 Å². The maximum absolute atomic E-state index is 13.4. The van der Waals surface area contributed by atoms with Crippen molar-refractivity contribution in [1.82, 2.24) is 0 Å². The molecule has 8 atom stereocenters. The number of ketones is 1. The van der Waals surface area contributed by atoms with Crippen molar-refractivity contribution in [3.63, 3.8) is 0 Å². The molecule has 0 aliphatic heterocycles. The van der Waals surface area contributed by atoms with Crippen LogP contribution in [0.1, 0.15) is 64.7 Å². The van der Waals surface area contributed by atoms with Crippen LogP contribution in [0.25, 0.3) is 0 Å². The summed E-state index contributed by atoms with van der Waals surface area (Å²) in [6.45, 7) is 2.37. The number of Topliss-reactive ketones (excluding diaryl/α,β-unsaturated/α-hetero) is 1. The predicted octanol–water partition coefficient (Wildman–Crippen LogP) is 5.81. The summed E-state index contributed by atoms with van der Waals surface area (Å²) >= 11 is 0. The van der Waals surface area contributed by atoms with E-state index >= 15 is 0 Å². The van der Waals surface area contributed by atoms with Gasteiger partial charge in [0.1, 0.15) is 5.82 Å². The van der Waals surface area contributed by atoms with Crippen LogP contribution in [0.5, 0.6) is 0 Å². The fourth-order valence-corrected chi connectivity index (χ4v) is 8.80. The molecule has 34 heavy (non-hydrogen) atoms. The monoisotopic (exact) mass is 477 g/mol. The van der Waals surface area contributed by atoms with E-state index in [4.69, 9.17) is 11.6 Å². The topological polar surface area (TPSA) is 72.3 Å². The van der Waals surface area contributed by atoms with Gasteiger partial charge in [-0.1, -0.05) is 6.92 Å². The van der Waals surface area contributed by atoms with Gasteiger partial charge in [-0.05, 0) is 111 Å². The van der Waals surface area contributed by atoms with E-state index in [0.717, 1.165) is 44.9 Å². The third-order valence-electron chi connectivity index (χ3n) is 10.4. The standard InChI is InChI=1S/C27H38F3N3O/c1-27-11-10-19-18-5-3-16(26(29)30)12-15(18)2-6-20(19)21(27)7-8-22(27)25(34)14-33(32)24-9-4-17(28)13-23(24)31/h4,9,13,15-16,18-22,26H,2-3,5-8,10-12,14,31-32H2,1H3. The number of hydrogen-bond donors (Lipinski definition) is 2. The van der Waals surface area contributed by atoms with E-state index in [9.17, 15) is 18.0 Å². The molecule has 0 amide bonds. The van der Waals surface area contributed by atoms with Crippen LogP contribution >= 0.6 is 0 Å². The molecule has 4 aliphatic carbocycles. The first-order chi connectivity index (χ1) is 16.2. The van der Waals surface area contributed by atoms with Crippen molar-refractivity contribution in [1.29, 1.82) is 0 Å². The molecule has 5 rings (SSSR count). The Bertz CT molecular complexity index is 926. The molecule has 4 nitrogen and oxygen atoms in total. The Kier molecular flexibility index (Phi) is 6.36. The highest BCUT2D eigenvalue weighted by Gasteiger charge is 2.58. The van der Waals surface area contributed by atoms with Crippen LogP contribution in [-0.4, -0.2) is 18.8 Å². The van der Waals surface area contributed by atoms with Crippen molar-refractivity contribution in [3.8, 4) is 0 Å². The molecular weight excluding hydrogens is 439 g/mol. The molecule has 0 bridgehead atoms. The second-order valence-corrected chi connectivity index (χ2v) is 11.8. The number of hydrazine groups is 1. The van der Waals surface area contributed by atoms with Crippen LogP contribution in [0.3, 0.4) is 0 Å². The molecule has 1 aromatic rings. The average Bonchev–Trinajstić information content (AvgIpc) is 3.15. The van der Waals surface area contributed by atoms with Crippen LogP contribution in [0.4, 0.5) is 24.5 Å². The predicted molar refractivity (Wildman–Crippen MR) is 127 cm³/mol. The number of carbonyl (C=O) groups excluding carboxylic acids is 1. The summed E-state index contributed by atoms with van der Waals surface area (Å²) in [5, 5.41) is 1.35. The zero-order valence-corrected chi connectivity index (χ0v) is 20.1. The Morgan fingerprint density at radius 1 is 1.09 bits per heavy atom. The third kappa shape index (κ3) is 4.02. The lowest BCUT2D eigenvalue weighted by Crippen LogP contribution is -2.50. The van der Waals surface area contributed by atoms with Crippen LogP contribution in [0.15, 0.2) is 18.2 Å². The molecule has 0 heterocycles. The Morgan fingerprint density at radius 2 is 1.85 bits per heavy atom. The Hall–Kier alpha value is -1.76. The first-order valence-corrected chi connectivity index (χ1v) is 13.1. The van der Waals surface area contributed by atoms with Gasteiger partial charge in [-0.25, -0.2) is 19.0 Å². The van der Waals surface area contributed by atoms with Crippen molar-refractivity contribution in [2.24, 2.45) is 52.7 Å². The smallest absolute Gasteiger partial charge is 0.241 e. The van der Waals surface area contributed by atoms with Gasteiger partial charge in [0.15, 0.2) is 5.78 Å². The van der Waals surface area contributed by atoms with Crippen LogP contribution in [0, 0.1) is 52.7 Å². The lowest BCUT2D eigenvalue weighted by atomic mass is 9.49. The van der Waals surface area contributed by atoms with Crippen molar-refractivity contribution in [3.05, 3.63) is 24.0 Å². The summed E-state index contributed by atoms with van der Waals surface area (Å²) in [6.07, 6.45) is 6.43. The van der Waals surface area contributed by atoms with Gasteiger partial charge >= 0.3 is 0 Å². The lowest BCUT2D eigenvalue weighted by Gasteiger charge is -2.56. The molecule has 4 saturated carbocycles. The number of carbonyl (C=O) groups is 1. The Balaban J connectivity index is 1.27. The number of rotatable bonds is 5. The number of nitrogens with two attached hydrogens (primary N) is 2. The van der Waals surface area contributed by atoms with E-state index in [1.807, 2.05) is 0 Å². The molecule has 188 valence electrons. The first kappa shape index (κ1) is 24.0. The van der Waals surface area contributed by atoms with Gasteiger partial charge in [0, 0.05) is 11.8 Å². The number of nitrogen functional groups attached to an aromatic ring is 1. The summed E-state index contributed by atoms with van der Waals surface area (Å²) in [5.41, 5.74) is 6.59. The highest BCUT2D eigenvalue weighted by atomic mass is 19.3. The van der Waals surface area contributed by atoms with Gasteiger partial charge in [-0.3, -0.25) is 4.79 Å². The minimum atomic E-state index is -2.18. The number of fused-ring (bicyclic) bond motifs is 5. The van der Waals surface area contributed by atoms with E-state index < -0.39 is 18.2 Å². The molecule has 0 radical (unpaired) electrons. The van der Waals surface area contributed by atoms with Crippen LogP contribution in [0.2, 0.25) is 0 Å². The SMILES string of the molecule is CC12CCC3C4CCC(C(F)F)CC4CCC3C1CCC2C(=O)CN(N)c1ccc(F)cc1N. The quantitative estimate of drug-likeness (QED) is 0.319. The zero-order valence-electron chi connectivity index (χ0n) is 20.1. The molecule has 4 aliphatic rings. The van der Waals surface area contributed by atoms with Gasteiger partial charge < -0.3 is 10.7 Å². The third-order valence-corrected chi connectivity index (χ3v) is 10.4. The molecule has 4 N–H and O–H groups in total. The van der Waals surface area contributed by atoms with E-state index in [1.54, 1.807) is 0 Å². The van der Waals surface area contributed by atoms with Crippen molar-refractivity contribution in [2.75, 3.05) is 17.3 Å². The number of halogens is 3. The Labute approximate surface area is 200 Å². The fraction of sp³-hybridized carbons (Fsp3) is 0.741. The lowest BCUT2D eigenvalue weighted by molar-refractivity contribution is -0.129. The minimum absolute atomic E-state index is 0.0273. The number of hydrogen-bond acceptors (Lipinski definition) is 4. The second-order valence-electron chi connectivity index (χ2n) is 11.8. The molecule has 8 unspecified atom stereocenters. The number of benzene rings is 1. The number of alkyl halides is 2. The highest BCUT2D eigenvalue weighted by molar-refractivity contribution is 5.87. The molecule has 0 saturated heterocycles. The second kappa shape index (κ2) is 9.03. The molecule has 1 aromatic carbocycles. The average molecular weight is 478 g/mol. The van der Waals surface area contributed by atoms with Crippen molar-refractivity contribution in [2.45, 2.75) is 71.1 Å². The van der Waals surface area contributed by atoms with E-state index in [0.29, 0.717) is 48.1 Å². The molecule has 4 fully saturated rings. The summed E-state index contributed by atoms with van der Waals surface area (Å²) < 4.78 is 40.1. The van der Waals surface area contributed by atoms with E-state index in [-0.39, 0.29) is 29.3 Å². The maximum Gasteiger partial charge on any atom is 0.241 e. The minimum Gasteiger partial charge on any atom is -0.397 e. The highest BCUT2D eigenvalue weighted by Crippen LogP contribution is 2.64. The summed E-state index contributed by atoms with van der Waals surface area (Å²) in [5.74, 6) is 8.29. The van der Waals surface area contributed by atoms with Gasteiger partial charge in [0.05, 0.1) is 17.9 Å². The molecule has 0 aromatic heterocycles. The number of anilines is 2. The molecule has 7 heteroatoms. The maximum atomic E-state index is 13.4. The summed E-state index contributed by atoms with van der Waals surface area (Å²) in [7, 11) is 0. The van der Waals surface area contributed by atoms with Gasteiger partial charge in [-0.2, -0.15) is 0 Å². The van der Waals surface area contributed by atoms with Gasteiger partial charge in [0.25, 0.3) is 0 Å². The van der Waals surface area contributed by atoms with Crippen molar-refractivity contribution >= 4 is 17.2 Å². The first-order valence-electron chi connectivity index (χ1n) is 13.1. The largest absolute Gasteiger partial charge is 0.397 e. The van der Waals surface area contributed by atoms with E-state index in [2.05, 4.69) is 6.92 Å². The van der Waals surface area contributed by atoms with Gasteiger partial charge in [-0.15, -0.1) is 0 Å². The number of nitrogens with zero attached hydrogens (tertiary/aromatic N) is 1. The normalized spacial score (nSPS) is 39.3. The fourth-order valence-electron chi connectivity index (χ4n) is 8.80. The molecule has 0 spiro atoms. The zero-order chi connectivity index (χ0) is 24.2. The molecular formula is C27H38F3N3O. The van der Waals surface area contributed by atoms with E-state index in [1.165, 1.54) is 23.2 Å². The van der Waals surface area contributed by atoms with Crippen LogP contribution in [-0.2, 0) is 4.79 Å². The van der Waals surface area contributed by atoms with Crippen molar-refractivity contribution < 1.29 is 18.0 Å². The summed E-state index contributed by atoms with van der Waals surface area (Å²) in [6, 6.07) is 4.04. The van der Waals surface area contributed by atoms with Gasteiger partial charge in [0.2, 0.25) is 6.43 Å². The Morgan fingerprint density at radius 3 is 2.59 bits per heavy atom.